The van der Waals surface area contributed by atoms with Crippen molar-refractivity contribution in [3.8, 4) is 11.1 Å². The van der Waals surface area contributed by atoms with Crippen LogP contribution < -0.4 is 5.73 Å². The molecule has 0 aromatic heterocycles. The molecule has 2 aromatic carbocycles. The Morgan fingerprint density at radius 1 is 1.31 bits per heavy atom. The van der Waals surface area contributed by atoms with E-state index in [2.05, 4.69) is 25.6 Å². The molecular formula is C29H37ClN2O4. The Labute approximate surface area is 218 Å². The van der Waals surface area contributed by atoms with E-state index in [0.29, 0.717) is 49.4 Å². The number of carbonyl (C=O) groups is 1. The van der Waals surface area contributed by atoms with Crippen LogP contribution in [-0.4, -0.2) is 59.0 Å². The lowest BCUT2D eigenvalue weighted by molar-refractivity contribution is -0.167. The van der Waals surface area contributed by atoms with Gasteiger partial charge in [0.15, 0.2) is 0 Å². The number of nitrogens with two attached hydrogens (primary N) is 1. The molecule has 5 atom stereocenters. The summed E-state index contributed by atoms with van der Waals surface area (Å²) in [5, 5.41) is 23.0. The number of morpholine rings is 1. The Bertz CT molecular complexity index is 1080. The summed E-state index contributed by atoms with van der Waals surface area (Å²) in [6.45, 7) is 6.96. The van der Waals surface area contributed by atoms with Crippen molar-refractivity contribution in [2.45, 2.75) is 62.9 Å². The van der Waals surface area contributed by atoms with Gasteiger partial charge in [0, 0.05) is 29.1 Å². The lowest BCUT2D eigenvalue weighted by Gasteiger charge is -2.43. The predicted molar refractivity (Wildman–Crippen MR) is 143 cm³/mol. The van der Waals surface area contributed by atoms with Gasteiger partial charge >= 0.3 is 0 Å². The second-order valence-corrected chi connectivity index (χ2v) is 10.4. The highest BCUT2D eigenvalue weighted by Gasteiger charge is 2.45. The monoisotopic (exact) mass is 512 g/mol. The molecular weight excluding hydrogens is 476 g/mol. The summed E-state index contributed by atoms with van der Waals surface area (Å²) in [5.41, 5.74) is 8.13. The summed E-state index contributed by atoms with van der Waals surface area (Å²) < 4.78 is 6.16. The number of aryl methyl sites for hydroxylation is 1. The normalized spacial score (nSPS) is 26.0. The highest BCUT2D eigenvalue weighted by molar-refractivity contribution is 6.33. The standard InChI is InChI=1S/C29H37ClN2O4/c1-3-5-12-29(35,22-10-7-11-23(30)27(22)20-9-6-8-19(4-2)15-20)26-18-32(13-14-36-26)28(34)21-16-24(31)25(33)17-21/h3,6-11,15,21,24-26,33,35H,1,4-5,12-14,16-18,31H2,2H3. The van der Waals surface area contributed by atoms with E-state index in [-0.39, 0.29) is 24.4 Å². The number of carbonyl (C=O) groups excluding carboxylic acids is 1. The van der Waals surface area contributed by atoms with Crippen molar-refractivity contribution in [2.24, 2.45) is 11.7 Å². The number of rotatable bonds is 8. The molecule has 194 valence electrons. The fourth-order valence-electron chi connectivity index (χ4n) is 5.56. The van der Waals surface area contributed by atoms with Crippen molar-refractivity contribution in [1.29, 1.82) is 0 Å². The Balaban J connectivity index is 1.70. The van der Waals surface area contributed by atoms with E-state index >= 15 is 0 Å². The molecule has 4 N–H and O–H groups in total. The molecule has 0 spiro atoms. The van der Waals surface area contributed by atoms with Gasteiger partial charge in [0.1, 0.15) is 11.7 Å². The quantitative estimate of drug-likeness (QED) is 0.464. The number of hydrogen-bond acceptors (Lipinski definition) is 5. The van der Waals surface area contributed by atoms with Crippen LogP contribution in [0.1, 0.15) is 43.7 Å². The molecule has 2 aromatic rings. The Morgan fingerprint density at radius 2 is 2.08 bits per heavy atom. The zero-order valence-electron chi connectivity index (χ0n) is 20.9. The van der Waals surface area contributed by atoms with Gasteiger partial charge in [0.25, 0.3) is 0 Å². The van der Waals surface area contributed by atoms with Crippen LogP contribution in [0.3, 0.4) is 0 Å². The Hall–Kier alpha value is -2.22. The second-order valence-electron chi connectivity index (χ2n) is 10.0. The smallest absolute Gasteiger partial charge is 0.226 e. The van der Waals surface area contributed by atoms with Crippen LogP contribution in [0.2, 0.25) is 5.02 Å². The summed E-state index contributed by atoms with van der Waals surface area (Å²) in [6, 6.07) is 13.4. The van der Waals surface area contributed by atoms with Crippen molar-refractivity contribution in [3.05, 3.63) is 71.3 Å². The number of hydrogen-bond donors (Lipinski definition) is 3. The number of allylic oxidation sites excluding steroid dienone is 1. The fourth-order valence-corrected chi connectivity index (χ4v) is 5.85. The average Bonchev–Trinajstić information content (AvgIpc) is 3.24. The Morgan fingerprint density at radius 3 is 2.78 bits per heavy atom. The first kappa shape index (κ1) is 26.8. The molecule has 4 rings (SSSR count). The van der Waals surface area contributed by atoms with Gasteiger partial charge in [-0.2, -0.15) is 0 Å². The molecule has 7 heteroatoms. The number of amides is 1. The molecule has 36 heavy (non-hydrogen) atoms. The van der Waals surface area contributed by atoms with Crippen molar-refractivity contribution in [2.75, 3.05) is 19.7 Å². The molecule has 6 nitrogen and oxygen atoms in total. The number of aliphatic hydroxyl groups is 2. The molecule has 1 saturated heterocycles. The van der Waals surface area contributed by atoms with Crippen molar-refractivity contribution >= 4 is 17.5 Å². The molecule has 2 aliphatic rings. The van der Waals surface area contributed by atoms with Gasteiger partial charge in [-0.15, -0.1) is 6.58 Å². The molecule has 1 heterocycles. The first-order chi connectivity index (χ1) is 17.3. The summed E-state index contributed by atoms with van der Waals surface area (Å²) in [4.78, 5) is 15.1. The minimum atomic E-state index is -1.40. The van der Waals surface area contributed by atoms with Gasteiger partial charge in [-0.25, -0.2) is 0 Å². The van der Waals surface area contributed by atoms with Crippen LogP contribution in [0.4, 0.5) is 0 Å². The molecule has 2 fully saturated rings. The summed E-state index contributed by atoms with van der Waals surface area (Å²) in [5.74, 6) is -0.350. The van der Waals surface area contributed by atoms with E-state index in [0.717, 1.165) is 17.5 Å². The van der Waals surface area contributed by atoms with Gasteiger partial charge in [0.05, 0.1) is 19.3 Å². The molecule has 1 amide bonds. The van der Waals surface area contributed by atoms with Gasteiger partial charge in [-0.3, -0.25) is 4.79 Å². The van der Waals surface area contributed by atoms with Crippen LogP contribution >= 0.6 is 11.6 Å². The fraction of sp³-hybridized carbons (Fsp3) is 0.483. The minimum absolute atomic E-state index is 0.0386. The van der Waals surface area contributed by atoms with Gasteiger partial charge in [-0.1, -0.05) is 61.0 Å². The maximum Gasteiger partial charge on any atom is 0.226 e. The summed E-state index contributed by atoms with van der Waals surface area (Å²) in [7, 11) is 0. The number of ether oxygens (including phenoxy) is 1. The van der Waals surface area contributed by atoms with E-state index in [1.807, 2.05) is 30.3 Å². The predicted octanol–water partition coefficient (Wildman–Crippen LogP) is 4.05. The van der Waals surface area contributed by atoms with E-state index in [1.165, 1.54) is 5.56 Å². The SMILES string of the molecule is C=CCCC(O)(c1cccc(Cl)c1-c1cccc(CC)c1)C1CN(C(=O)C2CC(N)C(O)C2)CCO1. The molecule has 0 bridgehead atoms. The van der Waals surface area contributed by atoms with E-state index in [9.17, 15) is 15.0 Å². The van der Waals surface area contributed by atoms with E-state index in [4.69, 9.17) is 22.1 Å². The number of halogens is 1. The van der Waals surface area contributed by atoms with Gasteiger partial charge in [0.2, 0.25) is 5.91 Å². The zero-order valence-corrected chi connectivity index (χ0v) is 21.7. The maximum atomic E-state index is 13.3. The highest BCUT2D eigenvalue weighted by atomic mass is 35.5. The molecule has 1 aliphatic heterocycles. The number of aliphatic hydroxyl groups excluding tert-OH is 1. The number of benzene rings is 2. The molecule has 5 unspecified atom stereocenters. The van der Waals surface area contributed by atoms with E-state index in [1.54, 1.807) is 11.0 Å². The second kappa shape index (κ2) is 11.4. The Kier molecular flexibility index (Phi) is 8.53. The lowest BCUT2D eigenvalue weighted by atomic mass is 9.79. The molecule has 0 radical (unpaired) electrons. The third-order valence-electron chi connectivity index (χ3n) is 7.67. The lowest BCUT2D eigenvalue weighted by Crippen LogP contribution is -2.55. The van der Waals surface area contributed by atoms with Crippen LogP contribution in [0.15, 0.2) is 55.1 Å². The third kappa shape index (κ3) is 5.38. The van der Waals surface area contributed by atoms with E-state index < -0.39 is 17.8 Å². The van der Waals surface area contributed by atoms with Gasteiger partial charge < -0.3 is 25.6 Å². The maximum absolute atomic E-state index is 13.3. The molecule has 1 aliphatic carbocycles. The summed E-state index contributed by atoms with van der Waals surface area (Å²) in [6.07, 6.45) is 3.13. The highest BCUT2D eigenvalue weighted by Crippen LogP contribution is 2.43. The zero-order chi connectivity index (χ0) is 25.9. The van der Waals surface area contributed by atoms with Crippen LogP contribution in [0.25, 0.3) is 11.1 Å². The first-order valence-electron chi connectivity index (χ1n) is 12.8. The van der Waals surface area contributed by atoms with Crippen molar-refractivity contribution < 1.29 is 19.7 Å². The first-order valence-corrected chi connectivity index (χ1v) is 13.2. The van der Waals surface area contributed by atoms with Crippen molar-refractivity contribution in [1.82, 2.24) is 4.90 Å². The van der Waals surface area contributed by atoms with Gasteiger partial charge in [-0.05, 0) is 54.9 Å². The summed E-state index contributed by atoms with van der Waals surface area (Å²) >= 11 is 6.76. The number of nitrogens with zero attached hydrogens (tertiary/aromatic N) is 1. The average molecular weight is 513 g/mol. The minimum Gasteiger partial charge on any atom is -0.391 e. The topological polar surface area (TPSA) is 96.0 Å². The van der Waals surface area contributed by atoms with Crippen LogP contribution in [0, 0.1) is 5.92 Å². The van der Waals surface area contributed by atoms with Crippen LogP contribution in [-0.2, 0) is 21.6 Å². The van der Waals surface area contributed by atoms with Crippen LogP contribution in [0.5, 0.6) is 0 Å². The van der Waals surface area contributed by atoms with Crippen molar-refractivity contribution in [3.63, 3.8) is 0 Å². The third-order valence-corrected chi connectivity index (χ3v) is 7.99. The largest absolute Gasteiger partial charge is 0.391 e. The molecule has 1 saturated carbocycles.